The number of amides is 1. The smallest absolute Gasteiger partial charge is 0.266 e. The van der Waals surface area contributed by atoms with Gasteiger partial charge in [0.2, 0.25) is 0 Å². The first-order chi connectivity index (χ1) is 9.25. The maximum atomic E-state index is 12.4. The van der Waals surface area contributed by atoms with E-state index in [4.69, 9.17) is 0 Å². The summed E-state index contributed by atoms with van der Waals surface area (Å²) in [5.41, 5.74) is 1.53. The Morgan fingerprint density at radius 3 is 2.79 bits per heavy atom. The van der Waals surface area contributed by atoms with E-state index in [1.165, 1.54) is 23.1 Å². The number of anilines is 1. The average Bonchev–Trinajstić information content (AvgIpc) is 3.03. The van der Waals surface area contributed by atoms with Crippen LogP contribution in [0.5, 0.6) is 0 Å². The third kappa shape index (κ3) is 2.24. The van der Waals surface area contributed by atoms with E-state index >= 15 is 0 Å². The Kier molecular flexibility index (Phi) is 3.04. The fourth-order valence-electron chi connectivity index (χ4n) is 1.80. The van der Waals surface area contributed by atoms with Gasteiger partial charge >= 0.3 is 0 Å². The first-order valence-electron chi connectivity index (χ1n) is 5.72. The highest BCUT2D eigenvalue weighted by Gasteiger charge is 2.35. The first-order valence-corrected chi connectivity index (χ1v) is 6.60. The summed E-state index contributed by atoms with van der Waals surface area (Å²) >= 11 is 1.32. The summed E-state index contributed by atoms with van der Waals surface area (Å²) in [5, 5.41) is 12.5. The number of hydrogen-bond acceptors (Lipinski definition) is 5. The number of H-pyrrole nitrogens is 1. The van der Waals surface area contributed by atoms with Gasteiger partial charge in [-0.15, -0.1) is 0 Å². The van der Waals surface area contributed by atoms with Crippen LogP contribution in [0, 0.1) is 0 Å². The lowest BCUT2D eigenvalue weighted by Gasteiger charge is -2.13. The lowest BCUT2D eigenvalue weighted by Crippen LogP contribution is -2.29. The van der Waals surface area contributed by atoms with Crippen molar-refractivity contribution in [1.29, 1.82) is 0 Å². The molecule has 6 nitrogen and oxygen atoms in total. The number of benzene rings is 1. The SMILES string of the molecule is CC1=NN(c2ccccc2)C(=O)[C@H]1Sc1ncn[nH]1. The van der Waals surface area contributed by atoms with Crippen molar-refractivity contribution in [2.45, 2.75) is 17.3 Å². The van der Waals surface area contributed by atoms with E-state index in [0.717, 1.165) is 11.4 Å². The first kappa shape index (κ1) is 11.9. The second-order valence-electron chi connectivity index (χ2n) is 4.02. The molecule has 1 aromatic carbocycles. The number of rotatable bonds is 3. The zero-order valence-corrected chi connectivity index (χ0v) is 11.0. The molecule has 0 unspecified atom stereocenters. The fourth-order valence-corrected chi connectivity index (χ4v) is 2.66. The van der Waals surface area contributed by atoms with Gasteiger partial charge in [0.25, 0.3) is 5.91 Å². The van der Waals surface area contributed by atoms with Gasteiger partial charge in [-0.1, -0.05) is 30.0 Å². The number of aromatic nitrogens is 3. The summed E-state index contributed by atoms with van der Waals surface area (Å²) in [7, 11) is 0. The molecule has 7 heteroatoms. The monoisotopic (exact) mass is 273 g/mol. The minimum absolute atomic E-state index is 0.0647. The van der Waals surface area contributed by atoms with Crippen molar-refractivity contribution in [2.24, 2.45) is 5.10 Å². The van der Waals surface area contributed by atoms with Gasteiger partial charge in [-0.25, -0.2) is 4.98 Å². The van der Waals surface area contributed by atoms with E-state index in [9.17, 15) is 4.79 Å². The Morgan fingerprint density at radius 1 is 1.32 bits per heavy atom. The molecule has 0 saturated heterocycles. The molecular weight excluding hydrogens is 262 g/mol. The molecule has 2 heterocycles. The highest BCUT2D eigenvalue weighted by Crippen LogP contribution is 2.29. The van der Waals surface area contributed by atoms with Crippen LogP contribution in [0.1, 0.15) is 6.92 Å². The molecule has 1 amide bonds. The van der Waals surface area contributed by atoms with Crippen LogP contribution in [-0.2, 0) is 4.79 Å². The third-order valence-electron chi connectivity index (χ3n) is 2.69. The summed E-state index contributed by atoms with van der Waals surface area (Å²) in [6.45, 7) is 1.84. The normalized spacial score (nSPS) is 18.8. The Labute approximate surface area is 113 Å². The number of para-hydroxylation sites is 1. The lowest BCUT2D eigenvalue weighted by molar-refractivity contribution is -0.116. The fraction of sp³-hybridized carbons (Fsp3) is 0.167. The Bertz CT molecular complexity index is 610. The van der Waals surface area contributed by atoms with Crippen molar-refractivity contribution in [1.82, 2.24) is 15.2 Å². The zero-order chi connectivity index (χ0) is 13.2. The van der Waals surface area contributed by atoms with Crippen LogP contribution in [0.3, 0.4) is 0 Å². The van der Waals surface area contributed by atoms with Crippen LogP contribution in [0.25, 0.3) is 0 Å². The molecule has 0 spiro atoms. The highest BCUT2D eigenvalue weighted by atomic mass is 32.2. The number of carbonyl (C=O) groups excluding carboxylic acids is 1. The van der Waals surface area contributed by atoms with Gasteiger partial charge in [-0.2, -0.15) is 15.2 Å². The molecule has 2 aromatic rings. The molecule has 19 heavy (non-hydrogen) atoms. The number of nitrogens with one attached hydrogen (secondary N) is 1. The van der Waals surface area contributed by atoms with Gasteiger partial charge in [0.1, 0.15) is 11.6 Å². The van der Waals surface area contributed by atoms with E-state index in [1.807, 2.05) is 37.3 Å². The van der Waals surface area contributed by atoms with E-state index in [0.29, 0.717) is 5.16 Å². The van der Waals surface area contributed by atoms with E-state index < -0.39 is 0 Å². The van der Waals surface area contributed by atoms with Crippen LogP contribution in [0.15, 0.2) is 46.9 Å². The Hall–Kier alpha value is -2.15. The molecule has 1 aliphatic rings. The Morgan fingerprint density at radius 2 is 2.11 bits per heavy atom. The maximum Gasteiger partial charge on any atom is 0.266 e. The van der Waals surface area contributed by atoms with Crippen LogP contribution in [0.4, 0.5) is 5.69 Å². The third-order valence-corrected chi connectivity index (χ3v) is 3.89. The molecular formula is C12H11N5OS. The molecule has 0 saturated carbocycles. The highest BCUT2D eigenvalue weighted by molar-refractivity contribution is 8.01. The van der Waals surface area contributed by atoms with E-state index in [1.54, 1.807) is 0 Å². The van der Waals surface area contributed by atoms with Gasteiger partial charge in [0.15, 0.2) is 5.16 Å². The number of aromatic amines is 1. The summed E-state index contributed by atoms with van der Waals surface area (Å²) in [6, 6.07) is 9.38. The van der Waals surface area contributed by atoms with E-state index in [2.05, 4.69) is 20.3 Å². The van der Waals surface area contributed by atoms with Crippen molar-refractivity contribution < 1.29 is 4.79 Å². The van der Waals surface area contributed by atoms with Crippen LogP contribution < -0.4 is 5.01 Å². The van der Waals surface area contributed by atoms with Crippen LogP contribution in [-0.4, -0.2) is 32.1 Å². The van der Waals surface area contributed by atoms with Gasteiger partial charge in [-0.3, -0.25) is 9.89 Å². The van der Waals surface area contributed by atoms with Crippen molar-refractivity contribution in [3.8, 4) is 0 Å². The molecule has 96 valence electrons. The van der Waals surface area contributed by atoms with Gasteiger partial charge in [0.05, 0.1) is 11.4 Å². The summed E-state index contributed by atoms with van der Waals surface area (Å²) in [6.07, 6.45) is 1.42. The van der Waals surface area contributed by atoms with E-state index in [-0.39, 0.29) is 11.2 Å². The molecule has 3 rings (SSSR count). The van der Waals surface area contributed by atoms with Crippen LogP contribution in [0.2, 0.25) is 0 Å². The van der Waals surface area contributed by atoms with Crippen molar-refractivity contribution >= 4 is 29.1 Å². The molecule has 0 radical (unpaired) electrons. The summed E-state index contributed by atoms with van der Waals surface area (Å²) in [5.74, 6) is -0.0647. The number of thioether (sulfide) groups is 1. The minimum atomic E-state index is -0.354. The molecule has 1 aliphatic heterocycles. The van der Waals surface area contributed by atoms with Gasteiger partial charge in [-0.05, 0) is 19.1 Å². The molecule has 1 atom stereocenters. The predicted molar refractivity (Wildman–Crippen MR) is 73.1 cm³/mol. The van der Waals surface area contributed by atoms with Crippen LogP contribution >= 0.6 is 11.8 Å². The molecule has 0 bridgehead atoms. The summed E-state index contributed by atoms with van der Waals surface area (Å²) < 4.78 is 0. The zero-order valence-electron chi connectivity index (χ0n) is 10.1. The Balaban J connectivity index is 1.83. The molecule has 1 N–H and O–H groups in total. The molecule has 0 fully saturated rings. The van der Waals surface area contributed by atoms with Gasteiger partial charge in [0, 0.05) is 0 Å². The van der Waals surface area contributed by atoms with Crippen molar-refractivity contribution in [3.63, 3.8) is 0 Å². The minimum Gasteiger partial charge on any atom is -0.271 e. The number of hydrazone groups is 1. The second kappa shape index (κ2) is 4.85. The molecule has 0 aliphatic carbocycles. The number of nitrogens with zero attached hydrogens (tertiary/aromatic N) is 4. The predicted octanol–water partition coefficient (Wildman–Crippen LogP) is 1.69. The molecule has 1 aromatic heterocycles. The lowest BCUT2D eigenvalue weighted by atomic mass is 10.3. The van der Waals surface area contributed by atoms with Crippen molar-refractivity contribution in [3.05, 3.63) is 36.7 Å². The average molecular weight is 273 g/mol. The second-order valence-corrected chi connectivity index (χ2v) is 5.11. The number of carbonyl (C=O) groups is 1. The topological polar surface area (TPSA) is 74.2 Å². The van der Waals surface area contributed by atoms with Crippen molar-refractivity contribution in [2.75, 3.05) is 5.01 Å². The number of hydrogen-bond donors (Lipinski definition) is 1. The van der Waals surface area contributed by atoms with Gasteiger partial charge < -0.3 is 0 Å². The maximum absolute atomic E-state index is 12.4. The summed E-state index contributed by atoms with van der Waals surface area (Å²) in [4.78, 5) is 16.4. The largest absolute Gasteiger partial charge is 0.271 e. The standard InChI is InChI=1S/C12H11N5OS/c1-8-10(19-12-13-7-14-15-12)11(18)17(16-8)9-5-3-2-4-6-9/h2-7,10H,1H3,(H,13,14,15)/t10-/m0/s1. The quantitative estimate of drug-likeness (QED) is 0.923.